The van der Waals surface area contributed by atoms with Crippen LogP contribution in [0.15, 0.2) is 0 Å². The number of hydrogen-bond acceptors (Lipinski definition) is 4. The molecular weight excluding hydrogens is 356 g/mol. The first-order valence-electron chi connectivity index (χ1n) is 12.8. The predicted octanol–water partition coefficient (Wildman–Crippen LogP) is 5.09. The van der Waals surface area contributed by atoms with Crippen LogP contribution < -0.4 is 21.3 Å². The van der Waals surface area contributed by atoms with E-state index in [1.165, 1.54) is 129 Å². The van der Waals surface area contributed by atoms with Crippen LogP contribution in [0.4, 0.5) is 0 Å². The SMILES string of the molecule is CNCCCCCC(CCCCCNC)(CCCCCNC)CCCCCNC. The summed E-state index contributed by atoms with van der Waals surface area (Å²) in [5.74, 6) is 0. The van der Waals surface area contributed by atoms with Crippen molar-refractivity contribution in [1.29, 1.82) is 0 Å². The average Bonchev–Trinajstić information content (AvgIpc) is 2.73. The molecule has 0 atom stereocenters. The van der Waals surface area contributed by atoms with E-state index < -0.39 is 0 Å². The Morgan fingerprint density at radius 2 is 0.586 bits per heavy atom. The maximum atomic E-state index is 3.31. The van der Waals surface area contributed by atoms with Crippen LogP contribution >= 0.6 is 0 Å². The van der Waals surface area contributed by atoms with Crippen LogP contribution in [0.2, 0.25) is 0 Å². The van der Waals surface area contributed by atoms with Gasteiger partial charge in [-0.1, -0.05) is 51.4 Å². The Morgan fingerprint density at radius 1 is 0.345 bits per heavy atom. The molecule has 4 N–H and O–H groups in total. The zero-order valence-corrected chi connectivity index (χ0v) is 20.6. The Balaban J connectivity index is 4.69. The van der Waals surface area contributed by atoms with Gasteiger partial charge in [0.15, 0.2) is 0 Å². The van der Waals surface area contributed by atoms with Crippen molar-refractivity contribution in [2.45, 2.75) is 103 Å². The van der Waals surface area contributed by atoms with E-state index in [-0.39, 0.29) is 0 Å². The van der Waals surface area contributed by atoms with E-state index in [2.05, 4.69) is 49.5 Å². The number of hydrogen-bond donors (Lipinski definition) is 4. The van der Waals surface area contributed by atoms with Crippen molar-refractivity contribution >= 4 is 0 Å². The molecule has 0 fully saturated rings. The van der Waals surface area contributed by atoms with Crippen molar-refractivity contribution in [3.63, 3.8) is 0 Å². The Labute approximate surface area is 184 Å². The molecule has 0 aromatic rings. The normalized spacial score (nSPS) is 12.0. The molecule has 0 aromatic carbocycles. The van der Waals surface area contributed by atoms with Gasteiger partial charge in [0.1, 0.15) is 0 Å². The minimum Gasteiger partial charge on any atom is -0.320 e. The highest BCUT2D eigenvalue weighted by atomic mass is 14.8. The van der Waals surface area contributed by atoms with Crippen LogP contribution in [0.1, 0.15) is 103 Å². The van der Waals surface area contributed by atoms with Crippen molar-refractivity contribution in [1.82, 2.24) is 21.3 Å². The lowest BCUT2D eigenvalue weighted by molar-refractivity contribution is 0.172. The van der Waals surface area contributed by atoms with Crippen molar-refractivity contribution in [2.75, 3.05) is 54.4 Å². The predicted molar refractivity (Wildman–Crippen MR) is 132 cm³/mol. The quantitative estimate of drug-likeness (QED) is 0.167. The molecule has 0 saturated heterocycles. The third kappa shape index (κ3) is 18.3. The van der Waals surface area contributed by atoms with Gasteiger partial charge in [-0.05, 0) is 111 Å². The third-order valence-corrected chi connectivity index (χ3v) is 6.54. The van der Waals surface area contributed by atoms with Crippen molar-refractivity contribution in [2.24, 2.45) is 5.41 Å². The molecule has 29 heavy (non-hydrogen) atoms. The van der Waals surface area contributed by atoms with E-state index in [1.54, 1.807) is 0 Å². The lowest BCUT2D eigenvalue weighted by Crippen LogP contribution is -2.22. The summed E-state index contributed by atoms with van der Waals surface area (Å²) in [6.45, 7) is 4.69. The Hall–Kier alpha value is -0.160. The van der Waals surface area contributed by atoms with Crippen LogP contribution in [0.5, 0.6) is 0 Å². The van der Waals surface area contributed by atoms with Crippen LogP contribution in [0.3, 0.4) is 0 Å². The molecule has 0 bridgehead atoms. The van der Waals surface area contributed by atoms with Crippen LogP contribution in [-0.4, -0.2) is 54.4 Å². The van der Waals surface area contributed by atoms with Gasteiger partial charge in [0.05, 0.1) is 0 Å². The van der Waals surface area contributed by atoms with Gasteiger partial charge in [-0.25, -0.2) is 0 Å². The fourth-order valence-corrected chi connectivity index (χ4v) is 4.66. The first-order chi connectivity index (χ1) is 14.2. The van der Waals surface area contributed by atoms with E-state index in [9.17, 15) is 0 Å². The first kappa shape index (κ1) is 28.8. The summed E-state index contributed by atoms with van der Waals surface area (Å²) in [6, 6.07) is 0. The Morgan fingerprint density at radius 3 is 0.793 bits per heavy atom. The number of rotatable bonds is 24. The smallest absolute Gasteiger partial charge is 0.00519 e. The van der Waals surface area contributed by atoms with Crippen molar-refractivity contribution in [3.8, 4) is 0 Å². The summed E-state index contributed by atoms with van der Waals surface area (Å²) in [4.78, 5) is 0. The fourth-order valence-electron chi connectivity index (χ4n) is 4.66. The summed E-state index contributed by atoms with van der Waals surface area (Å²) in [7, 11) is 8.30. The van der Waals surface area contributed by atoms with Gasteiger partial charge < -0.3 is 21.3 Å². The molecule has 4 heteroatoms. The molecule has 0 rings (SSSR count). The molecular formula is C25H56N4. The van der Waals surface area contributed by atoms with E-state index in [4.69, 9.17) is 0 Å². The van der Waals surface area contributed by atoms with Gasteiger partial charge in [-0.15, -0.1) is 0 Å². The van der Waals surface area contributed by atoms with Gasteiger partial charge in [0, 0.05) is 0 Å². The standard InChI is InChI=1S/C25H56N4/c1-26-21-13-5-9-17-25(18-10-6-14-22-27-2,19-11-7-15-23-28-3)20-12-8-16-24-29-4/h26-29H,5-24H2,1-4H3. The van der Waals surface area contributed by atoms with Crippen LogP contribution in [-0.2, 0) is 0 Å². The molecule has 0 saturated carbocycles. The lowest BCUT2D eigenvalue weighted by atomic mass is 9.70. The monoisotopic (exact) mass is 412 g/mol. The molecule has 4 nitrogen and oxygen atoms in total. The van der Waals surface area contributed by atoms with E-state index in [0.717, 1.165) is 0 Å². The van der Waals surface area contributed by atoms with E-state index >= 15 is 0 Å². The summed E-state index contributed by atoms with van der Waals surface area (Å²) in [5, 5.41) is 13.2. The van der Waals surface area contributed by atoms with Gasteiger partial charge in [-0.2, -0.15) is 0 Å². The molecule has 0 aliphatic rings. The average molecular weight is 413 g/mol. The summed E-state index contributed by atoms with van der Waals surface area (Å²) >= 11 is 0. The highest BCUT2D eigenvalue weighted by Gasteiger charge is 2.28. The minimum atomic E-state index is 0.610. The molecule has 0 unspecified atom stereocenters. The van der Waals surface area contributed by atoms with E-state index in [1.807, 2.05) is 0 Å². The number of unbranched alkanes of at least 4 members (excludes halogenated alkanes) is 8. The second kappa shape index (κ2) is 22.5. The van der Waals surface area contributed by atoms with Gasteiger partial charge in [-0.3, -0.25) is 0 Å². The molecule has 0 spiro atoms. The molecule has 0 amide bonds. The summed E-state index contributed by atoms with van der Waals surface area (Å²) in [5.41, 5.74) is 0.610. The minimum absolute atomic E-state index is 0.610. The molecule has 0 aliphatic carbocycles. The summed E-state index contributed by atoms with van der Waals surface area (Å²) in [6.07, 6.45) is 22.4. The summed E-state index contributed by atoms with van der Waals surface area (Å²) < 4.78 is 0. The fraction of sp³-hybridized carbons (Fsp3) is 1.00. The van der Waals surface area contributed by atoms with Gasteiger partial charge in [0.25, 0.3) is 0 Å². The van der Waals surface area contributed by atoms with Crippen LogP contribution in [0, 0.1) is 5.41 Å². The number of nitrogens with one attached hydrogen (secondary N) is 4. The third-order valence-electron chi connectivity index (χ3n) is 6.54. The zero-order chi connectivity index (χ0) is 21.5. The maximum absolute atomic E-state index is 3.31. The lowest BCUT2D eigenvalue weighted by Gasteiger charge is -2.35. The second-order valence-corrected chi connectivity index (χ2v) is 9.16. The Kier molecular flexibility index (Phi) is 22.4. The maximum Gasteiger partial charge on any atom is -0.00519 e. The largest absolute Gasteiger partial charge is 0.320 e. The van der Waals surface area contributed by atoms with Crippen molar-refractivity contribution < 1.29 is 0 Å². The molecule has 176 valence electrons. The molecule has 0 aliphatic heterocycles. The highest BCUT2D eigenvalue weighted by molar-refractivity contribution is 4.80. The Bertz CT molecular complexity index is 248. The second-order valence-electron chi connectivity index (χ2n) is 9.16. The topological polar surface area (TPSA) is 48.1 Å². The van der Waals surface area contributed by atoms with E-state index in [0.29, 0.717) is 5.41 Å². The van der Waals surface area contributed by atoms with Gasteiger partial charge >= 0.3 is 0 Å². The highest BCUT2D eigenvalue weighted by Crippen LogP contribution is 2.41. The molecule has 0 heterocycles. The zero-order valence-electron chi connectivity index (χ0n) is 20.6. The van der Waals surface area contributed by atoms with Crippen molar-refractivity contribution in [3.05, 3.63) is 0 Å². The van der Waals surface area contributed by atoms with Crippen LogP contribution in [0.25, 0.3) is 0 Å². The molecule has 0 aromatic heterocycles. The van der Waals surface area contributed by atoms with Gasteiger partial charge in [0.2, 0.25) is 0 Å². The first-order valence-corrected chi connectivity index (χ1v) is 12.8. The molecule has 0 radical (unpaired) electrons.